The number of sulfonamides is 1. The molecule has 0 saturated heterocycles. The zero-order valence-corrected chi connectivity index (χ0v) is 15.5. The molecule has 5 nitrogen and oxygen atoms in total. The van der Waals surface area contributed by atoms with Crippen molar-refractivity contribution in [2.24, 2.45) is 0 Å². The van der Waals surface area contributed by atoms with Crippen molar-refractivity contribution in [1.82, 2.24) is 4.31 Å². The molecule has 0 aliphatic rings. The highest BCUT2D eigenvalue weighted by molar-refractivity contribution is 7.92. The number of anilines is 1. The Morgan fingerprint density at radius 2 is 1.88 bits per heavy atom. The minimum absolute atomic E-state index is 0.299. The molecule has 0 unspecified atom stereocenters. The van der Waals surface area contributed by atoms with E-state index < -0.39 is 15.9 Å². The second kappa shape index (κ2) is 8.29. The molecule has 132 valence electrons. The van der Waals surface area contributed by atoms with E-state index in [1.54, 1.807) is 30.3 Å². The summed E-state index contributed by atoms with van der Waals surface area (Å²) < 4.78 is 25.4. The predicted octanol–water partition coefficient (Wildman–Crippen LogP) is 3.52. The van der Waals surface area contributed by atoms with Gasteiger partial charge in [0.2, 0.25) is 15.9 Å². The predicted molar refractivity (Wildman–Crippen MR) is 102 cm³/mol. The number of hydrogen-bond donors (Lipinski definition) is 1. The minimum Gasteiger partial charge on any atom is -0.325 e. The Labute approximate surface area is 153 Å². The van der Waals surface area contributed by atoms with Gasteiger partial charge in [0.05, 0.1) is 6.54 Å². The molecule has 0 aliphatic heterocycles. The fourth-order valence-corrected chi connectivity index (χ4v) is 3.01. The number of nitrogens with one attached hydrogen (secondary N) is 1. The number of nitrogens with zero attached hydrogens (tertiary/aromatic N) is 1. The van der Waals surface area contributed by atoms with Crippen LogP contribution in [0.5, 0.6) is 0 Å². The summed E-state index contributed by atoms with van der Waals surface area (Å²) in [5.41, 5.74) is 2.18. The number of rotatable bonds is 6. The average Bonchev–Trinajstić information content (AvgIpc) is 2.57. The van der Waals surface area contributed by atoms with Crippen molar-refractivity contribution >= 4 is 39.3 Å². The van der Waals surface area contributed by atoms with Crippen molar-refractivity contribution in [1.29, 1.82) is 0 Å². The van der Waals surface area contributed by atoms with Gasteiger partial charge in [-0.3, -0.25) is 4.79 Å². The van der Waals surface area contributed by atoms with Crippen molar-refractivity contribution in [3.63, 3.8) is 0 Å². The Kier molecular flexibility index (Phi) is 6.36. The highest BCUT2D eigenvalue weighted by Gasteiger charge is 2.17. The first kappa shape index (κ1) is 19.2. The van der Waals surface area contributed by atoms with Gasteiger partial charge in [-0.05, 0) is 36.3 Å². The Morgan fingerprint density at radius 1 is 1.20 bits per heavy atom. The van der Waals surface area contributed by atoms with Crippen LogP contribution in [0.15, 0.2) is 53.9 Å². The van der Waals surface area contributed by atoms with Crippen molar-refractivity contribution in [2.75, 3.05) is 18.9 Å². The molecule has 0 bridgehead atoms. The molecule has 1 amide bonds. The number of aryl methyl sites for hydroxylation is 1. The molecule has 7 heteroatoms. The lowest BCUT2D eigenvalue weighted by molar-refractivity contribution is -0.116. The highest BCUT2D eigenvalue weighted by Crippen LogP contribution is 2.20. The molecule has 0 spiro atoms. The molecule has 0 fully saturated rings. The number of hydrogen-bond acceptors (Lipinski definition) is 3. The molecule has 0 radical (unpaired) electrons. The van der Waals surface area contributed by atoms with E-state index in [1.165, 1.54) is 13.1 Å². The van der Waals surface area contributed by atoms with E-state index in [0.717, 1.165) is 20.8 Å². The molecule has 0 heterocycles. The standard InChI is InChI=1S/C18H19ClN2O3S/c1-14-8-9-16(12-17(14)19)20-18(22)13-21(2)25(23,24)11-10-15-6-4-3-5-7-15/h3-12H,13H2,1-2H3,(H,20,22)/b11-10+. The molecular weight excluding hydrogens is 360 g/mol. The Morgan fingerprint density at radius 3 is 2.52 bits per heavy atom. The Hall–Kier alpha value is -2.15. The fraction of sp³-hybridized carbons (Fsp3) is 0.167. The van der Waals surface area contributed by atoms with Crippen LogP contribution in [0.4, 0.5) is 5.69 Å². The van der Waals surface area contributed by atoms with Gasteiger partial charge >= 0.3 is 0 Å². The molecule has 2 rings (SSSR count). The molecule has 0 aliphatic carbocycles. The van der Waals surface area contributed by atoms with Gasteiger partial charge in [-0.15, -0.1) is 0 Å². The average molecular weight is 379 g/mol. The second-order valence-corrected chi connectivity index (χ2v) is 7.86. The molecule has 25 heavy (non-hydrogen) atoms. The van der Waals surface area contributed by atoms with Crippen molar-refractivity contribution < 1.29 is 13.2 Å². The SMILES string of the molecule is Cc1ccc(NC(=O)CN(C)S(=O)(=O)/C=C/c2ccccc2)cc1Cl. The van der Waals surface area contributed by atoms with Gasteiger partial charge in [0.25, 0.3) is 0 Å². The summed E-state index contributed by atoms with van der Waals surface area (Å²) in [4.78, 5) is 12.1. The van der Waals surface area contributed by atoms with Gasteiger partial charge in [0, 0.05) is 23.2 Å². The molecule has 2 aromatic carbocycles. The summed E-state index contributed by atoms with van der Waals surface area (Å²) in [6.45, 7) is 1.56. The Bertz CT molecular complexity index is 880. The molecule has 1 N–H and O–H groups in total. The van der Waals surface area contributed by atoms with Crippen molar-refractivity contribution in [3.05, 3.63) is 70.1 Å². The van der Waals surface area contributed by atoms with Crippen LogP contribution in [-0.4, -0.2) is 32.2 Å². The Balaban J connectivity index is 1.99. The van der Waals surface area contributed by atoms with Gasteiger partial charge in [-0.1, -0.05) is 48.0 Å². The maximum Gasteiger partial charge on any atom is 0.239 e. The van der Waals surface area contributed by atoms with Gasteiger partial charge in [-0.2, -0.15) is 4.31 Å². The molecular formula is C18H19ClN2O3S. The summed E-state index contributed by atoms with van der Waals surface area (Å²) in [6.07, 6.45) is 1.49. The van der Waals surface area contributed by atoms with Crippen LogP contribution >= 0.6 is 11.6 Å². The smallest absolute Gasteiger partial charge is 0.239 e. The van der Waals surface area contributed by atoms with Crippen molar-refractivity contribution in [3.8, 4) is 0 Å². The first-order valence-corrected chi connectivity index (χ1v) is 9.41. The van der Waals surface area contributed by atoms with Gasteiger partial charge in [0.1, 0.15) is 0 Å². The third-order valence-corrected chi connectivity index (χ3v) is 5.37. The summed E-state index contributed by atoms with van der Waals surface area (Å²) >= 11 is 6.01. The lowest BCUT2D eigenvalue weighted by Gasteiger charge is -2.14. The van der Waals surface area contributed by atoms with Crippen LogP contribution < -0.4 is 5.32 Å². The second-order valence-electron chi connectivity index (χ2n) is 5.53. The van der Waals surface area contributed by atoms with Gasteiger partial charge in [0.15, 0.2) is 0 Å². The zero-order chi connectivity index (χ0) is 18.4. The summed E-state index contributed by atoms with van der Waals surface area (Å²) in [7, 11) is -2.34. The van der Waals surface area contributed by atoms with Crippen LogP contribution in [0, 0.1) is 6.92 Å². The number of amides is 1. The topological polar surface area (TPSA) is 66.5 Å². The molecule has 0 atom stereocenters. The quantitative estimate of drug-likeness (QED) is 0.836. The fourth-order valence-electron chi connectivity index (χ4n) is 2.00. The van der Waals surface area contributed by atoms with E-state index in [9.17, 15) is 13.2 Å². The largest absolute Gasteiger partial charge is 0.325 e. The van der Waals surface area contributed by atoms with Crippen LogP contribution in [-0.2, 0) is 14.8 Å². The zero-order valence-electron chi connectivity index (χ0n) is 13.9. The van der Waals surface area contributed by atoms with Crippen LogP contribution in [0.2, 0.25) is 5.02 Å². The van der Waals surface area contributed by atoms with Gasteiger partial charge < -0.3 is 5.32 Å². The normalized spacial score (nSPS) is 11.8. The van der Waals surface area contributed by atoms with E-state index in [4.69, 9.17) is 11.6 Å². The minimum atomic E-state index is -3.69. The van der Waals surface area contributed by atoms with E-state index in [-0.39, 0.29) is 6.54 Å². The first-order chi connectivity index (χ1) is 11.8. The maximum absolute atomic E-state index is 12.2. The number of carbonyl (C=O) groups excluding carboxylic acids is 1. The molecule has 2 aromatic rings. The van der Waals surface area contributed by atoms with E-state index in [0.29, 0.717) is 10.7 Å². The van der Waals surface area contributed by atoms with Crippen molar-refractivity contribution in [2.45, 2.75) is 6.92 Å². The lowest BCUT2D eigenvalue weighted by atomic mass is 10.2. The van der Waals surface area contributed by atoms with Crippen LogP contribution in [0.1, 0.15) is 11.1 Å². The third-order valence-electron chi connectivity index (χ3n) is 3.49. The summed E-state index contributed by atoms with van der Waals surface area (Å²) in [6, 6.07) is 14.2. The summed E-state index contributed by atoms with van der Waals surface area (Å²) in [5, 5.41) is 4.25. The van der Waals surface area contributed by atoms with E-state index >= 15 is 0 Å². The highest BCUT2D eigenvalue weighted by atomic mass is 35.5. The lowest BCUT2D eigenvalue weighted by Crippen LogP contribution is -2.33. The van der Waals surface area contributed by atoms with Gasteiger partial charge in [-0.25, -0.2) is 8.42 Å². The summed E-state index contributed by atoms with van der Waals surface area (Å²) in [5.74, 6) is -0.445. The molecule has 0 aromatic heterocycles. The third kappa shape index (κ3) is 5.70. The monoisotopic (exact) mass is 378 g/mol. The van der Waals surface area contributed by atoms with E-state index in [1.807, 2.05) is 25.1 Å². The van der Waals surface area contributed by atoms with Crippen LogP contribution in [0.25, 0.3) is 6.08 Å². The first-order valence-electron chi connectivity index (χ1n) is 7.53. The van der Waals surface area contributed by atoms with E-state index in [2.05, 4.69) is 5.32 Å². The van der Waals surface area contributed by atoms with Crippen LogP contribution in [0.3, 0.4) is 0 Å². The number of likely N-dealkylation sites (N-methyl/N-ethyl adjacent to an activating group) is 1. The number of halogens is 1. The molecule has 0 saturated carbocycles. The number of carbonyl (C=O) groups is 1. The maximum atomic E-state index is 12.2. The number of benzene rings is 2.